The number of hydrogen-bond acceptors (Lipinski definition) is 3. The largest absolute Gasteiger partial charge is 0.376 e. The Morgan fingerprint density at radius 3 is 2.57 bits per heavy atom. The molecule has 1 saturated heterocycles. The van der Waals surface area contributed by atoms with E-state index in [2.05, 4.69) is 6.92 Å². The monoisotopic (exact) mass is 200 g/mol. The van der Waals surface area contributed by atoms with Gasteiger partial charge >= 0.3 is 0 Å². The zero-order valence-corrected chi connectivity index (χ0v) is 8.91. The lowest BCUT2D eigenvalue weighted by molar-refractivity contribution is -0.166. The van der Waals surface area contributed by atoms with E-state index in [4.69, 9.17) is 14.2 Å². The van der Waals surface area contributed by atoms with Crippen molar-refractivity contribution in [3.8, 4) is 0 Å². The summed E-state index contributed by atoms with van der Waals surface area (Å²) in [4.78, 5) is 0. The molecule has 0 spiro atoms. The molecule has 0 aromatic rings. The van der Waals surface area contributed by atoms with Gasteiger partial charge in [-0.2, -0.15) is 0 Å². The topological polar surface area (TPSA) is 27.7 Å². The quantitative estimate of drug-likeness (QED) is 0.683. The Kier molecular flexibility index (Phi) is 3.79. The molecular weight excluding hydrogens is 180 g/mol. The SMILES string of the molecule is C[C@H]1C[C@@H](OC2CCCC2)OCCO1. The molecule has 2 aliphatic rings. The first-order valence-electron chi connectivity index (χ1n) is 5.73. The molecule has 2 rings (SSSR count). The van der Waals surface area contributed by atoms with Crippen molar-refractivity contribution < 1.29 is 14.2 Å². The van der Waals surface area contributed by atoms with Gasteiger partial charge in [0.2, 0.25) is 0 Å². The summed E-state index contributed by atoms with van der Waals surface area (Å²) >= 11 is 0. The van der Waals surface area contributed by atoms with Gasteiger partial charge in [0.25, 0.3) is 0 Å². The van der Waals surface area contributed by atoms with Gasteiger partial charge in [0.1, 0.15) is 0 Å². The van der Waals surface area contributed by atoms with Crippen molar-refractivity contribution >= 4 is 0 Å². The smallest absolute Gasteiger partial charge is 0.160 e. The third kappa shape index (κ3) is 2.94. The van der Waals surface area contributed by atoms with Crippen LogP contribution in [-0.2, 0) is 14.2 Å². The van der Waals surface area contributed by atoms with E-state index in [0.717, 1.165) is 6.42 Å². The third-order valence-corrected chi connectivity index (χ3v) is 2.96. The van der Waals surface area contributed by atoms with Gasteiger partial charge < -0.3 is 14.2 Å². The maximum atomic E-state index is 5.90. The van der Waals surface area contributed by atoms with Crippen LogP contribution in [0.3, 0.4) is 0 Å². The molecule has 1 aliphatic heterocycles. The molecule has 14 heavy (non-hydrogen) atoms. The van der Waals surface area contributed by atoms with Crippen LogP contribution in [0.15, 0.2) is 0 Å². The standard InChI is InChI=1S/C11H20O3/c1-9-8-11(13-7-6-12-9)14-10-4-2-3-5-10/h9-11H,2-8H2,1H3/t9-,11+/m0/s1. The Labute approximate surface area is 85.7 Å². The van der Waals surface area contributed by atoms with E-state index in [0.29, 0.717) is 19.3 Å². The van der Waals surface area contributed by atoms with Gasteiger partial charge in [-0.25, -0.2) is 0 Å². The van der Waals surface area contributed by atoms with Gasteiger partial charge in [0.15, 0.2) is 6.29 Å². The summed E-state index contributed by atoms with van der Waals surface area (Å²) in [5, 5.41) is 0. The maximum absolute atomic E-state index is 5.90. The fourth-order valence-electron chi connectivity index (χ4n) is 2.17. The first kappa shape index (κ1) is 10.4. The maximum Gasteiger partial charge on any atom is 0.160 e. The molecule has 1 aliphatic carbocycles. The van der Waals surface area contributed by atoms with Crippen LogP contribution in [0.1, 0.15) is 39.0 Å². The van der Waals surface area contributed by atoms with Crippen LogP contribution in [0, 0.1) is 0 Å². The molecule has 0 bridgehead atoms. The molecule has 2 atom stereocenters. The van der Waals surface area contributed by atoms with Crippen molar-refractivity contribution in [2.24, 2.45) is 0 Å². The van der Waals surface area contributed by atoms with Crippen molar-refractivity contribution in [3.05, 3.63) is 0 Å². The summed E-state index contributed by atoms with van der Waals surface area (Å²) in [5.41, 5.74) is 0. The molecule has 82 valence electrons. The lowest BCUT2D eigenvalue weighted by atomic mass is 10.2. The predicted octanol–water partition coefficient (Wildman–Crippen LogP) is 2.10. The second kappa shape index (κ2) is 5.10. The van der Waals surface area contributed by atoms with Crippen molar-refractivity contribution in [1.82, 2.24) is 0 Å². The lowest BCUT2D eigenvalue weighted by Gasteiger charge is -2.21. The molecule has 0 aromatic carbocycles. The van der Waals surface area contributed by atoms with Crippen LogP contribution in [-0.4, -0.2) is 31.7 Å². The molecule has 2 fully saturated rings. The summed E-state index contributed by atoms with van der Waals surface area (Å²) in [6, 6.07) is 0. The van der Waals surface area contributed by atoms with E-state index < -0.39 is 0 Å². The Balaban J connectivity index is 1.77. The second-order valence-corrected chi connectivity index (χ2v) is 4.26. The minimum Gasteiger partial charge on any atom is -0.376 e. The molecule has 0 aromatic heterocycles. The Morgan fingerprint density at radius 2 is 1.79 bits per heavy atom. The van der Waals surface area contributed by atoms with E-state index in [9.17, 15) is 0 Å². The first-order chi connectivity index (χ1) is 6.84. The summed E-state index contributed by atoms with van der Waals surface area (Å²) in [5.74, 6) is 0. The normalized spacial score (nSPS) is 35.8. The predicted molar refractivity (Wildman–Crippen MR) is 53.1 cm³/mol. The molecule has 1 saturated carbocycles. The van der Waals surface area contributed by atoms with Crippen molar-refractivity contribution in [2.75, 3.05) is 13.2 Å². The minimum atomic E-state index is -0.0319. The summed E-state index contributed by atoms with van der Waals surface area (Å²) in [6.45, 7) is 3.45. The van der Waals surface area contributed by atoms with E-state index >= 15 is 0 Å². The van der Waals surface area contributed by atoms with Crippen LogP contribution >= 0.6 is 0 Å². The highest BCUT2D eigenvalue weighted by Crippen LogP contribution is 2.24. The van der Waals surface area contributed by atoms with E-state index in [1.165, 1.54) is 25.7 Å². The second-order valence-electron chi connectivity index (χ2n) is 4.26. The van der Waals surface area contributed by atoms with E-state index in [1.807, 2.05) is 0 Å². The van der Waals surface area contributed by atoms with Crippen molar-refractivity contribution in [1.29, 1.82) is 0 Å². The molecule has 3 nitrogen and oxygen atoms in total. The van der Waals surface area contributed by atoms with E-state index in [-0.39, 0.29) is 12.4 Å². The highest BCUT2D eigenvalue weighted by atomic mass is 16.7. The van der Waals surface area contributed by atoms with Crippen LogP contribution in [0.2, 0.25) is 0 Å². The van der Waals surface area contributed by atoms with Gasteiger partial charge in [-0.3, -0.25) is 0 Å². The fourth-order valence-corrected chi connectivity index (χ4v) is 2.17. The minimum absolute atomic E-state index is 0.0319. The Hall–Kier alpha value is -0.120. The number of hydrogen-bond donors (Lipinski definition) is 0. The number of rotatable bonds is 2. The molecule has 0 amide bonds. The fraction of sp³-hybridized carbons (Fsp3) is 1.00. The van der Waals surface area contributed by atoms with Crippen molar-refractivity contribution in [3.63, 3.8) is 0 Å². The summed E-state index contributed by atoms with van der Waals surface area (Å²) in [6.07, 6.45) is 6.57. The van der Waals surface area contributed by atoms with Gasteiger partial charge in [-0.05, 0) is 19.8 Å². The van der Waals surface area contributed by atoms with Crippen LogP contribution in [0.5, 0.6) is 0 Å². The van der Waals surface area contributed by atoms with Gasteiger partial charge in [0, 0.05) is 6.42 Å². The average molecular weight is 200 g/mol. The van der Waals surface area contributed by atoms with Gasteiger partial charge in [0.05, 0.1) is 25.4 Å². The van der Waals surface area contributed by atoms with Crippen LogP contribution < -0.4 is 0 Å². The Bertz CT molecular complexity index is 166. The highest BCUT2D eigenvalue weighted by molar-refractivity contribution is 4.69. The zero-order chi connectivity index (χ0) is 9.80. The molecule has 1 heterocycles. The van der Waals surface area contributed by atoms with Crippen LogP contribution in [0.4, 0.5) is 0 Å². The third-order valence-electron chi connectivity index (χ3n) is 2.96. The highest BCUT2D eigenvalue weighted by Gasteiger charge is 2.24. The summed E-state index contributed by atoms with van der Waals surface area (Å²) < 4.78 is 17.0. The first-order valence-corrected chi connectivity index (χ1v) is 5.73. The van der Waals surface area contributed by atoms with E-state index in [1.54, 1.807) is 0 Å². The van der Waals surface area contributed by atoms with Crippen molar-refractivity contribution in [2.45, 2.75) is 57.5 Å². The number of ether oxygens (including phenoxy) is 3. The molecular formula is C11H20O3. The molecule has 0 radical (unpaired) electrons. The van der Waals surface area contributed by atoms with Gasteiger partial charge in [-0.1, -0.05) is 12.8 Å². The Morgan fingerprint density at radius 1 is 1.07 bits per heavy atom. The molecule has 3 heteroatoms. The average Bonchev–Trinajstić information content (AvgIpc) is 2.56. The zero-order valence-electron chi connectivity index (χ0n) is 8.91. The molecule has 0 N–H and O–H groups in total. The van der Waals surface area contributed by atoms with Crippen LogP contribution in [0.25, 0.3) is 0 Å². The molecule has 0 unspecified atom stereocenters. The summed E-state index contributed by atoms with van der Waals surface area (Å²) in [7, 11) is 0. The lowest BCUT2D eigenvalue weighted by Crippen LogP contribution is -2.25. The van der Waals surface area contributed by atoms with Gasteiger partial charge in [-0.15, -0.1) is 0 Å².